The maximum absolute atomic E-state index is 13.3. The fourth-order valence-electron chi connectivity index (χ4n) is 3.40. The van der Waals surface area contributed by atoms with Crippen molar-refractivity contribution >= 4 is 45.9 Å². The second-order valence-electron chi connectivity index (χ2n) is 6.64. The van der Waals surface area contributed by atoms with Gasteiger partial charge in [0.05, 0.1) is 17.2 Å². The van der Waals surface area contributed by atoms with Crippen molar-refractivity contribution in [3.8, 4) is 0 Å². The van der Waals surface area contributed by atoms with Gasteiger partial charge in [0, 0.05) is 32.8 Å². The van der Waals surface area contributed by atoms with Crippen LogP contribution >= 0.6 is 39.9 Å². The van der Waals surface area contributed by atoms with Crippen LogP contribution in [0.25, 0.3) is 0 Å². The quantitative estimate of drug-likeness (QED) is 0.343. The molecule has 0 spiro atoms. The molecule has 2 fully saturated rings. The molecule has 0 bridgehead atoms. The molecule has 2 aliphatic rings. The molecule has 2 unspecified atom stereocenters. The maximum atomic E-state index is 13.3. The van der Waals surface area contributed by atoms with E-state index in [1.54, 1.807) is 0 Å². The Morgan fingerprint density at radius 2 is 2.15 bits per heavy atom. The molecule has 2 aliphatic heterocycles. The number of halogens is 3. The van der Waals surface area contributed by atoms with E-state index in [-0.39, 0.29) is 42.0 Å². The lowest BCUT2D eigenvalue weighted by Gasteiger charge is -2.37. The lowest BCUT2D eigenvalue weighted by Crippen LogP contribution is -2.53. The average Bonchev–Trinajstić information content (AvgIpc) is 3.19. The molecule has 3 rings (SSSR count). The van der Waals surface area contributed by atoms with Crippen molar-refractivity contribution in [3.63, 3.8) is 0 Å². The van der Waals surface area contributed by atoms with Gasteiger partial charge in [0.25, 0.3) is 0 Å². The van der Waals surface area contributed by atoms with E-state index >= 15 is 0 Å². The van der Waals surface area contributed by atoms with Gasteiger partial charge < -0.3 is 19.7 Å². The summed E-state index contributed by atoms with van der Waals surface area (Å²) in [6, 6.07) is 5.12. The van der Waals surface area contributed by atoms with E-state index in [1.807, 2.05) is 12.1 Å². The SMILES string of the molecule is CCNC(=NCCc1ccc(F)c(Br)c1)N1CCOC(C2CCCO2)C1.I. The summed E-state index contributed by atoms with van der Waals surface area (Å²) < 4.78 is 25.6. The smallest absolute Gasteiger partial charge is 0.194 e. The number of benzene rings is 1. The van der Waals surface area contributed by atoms with Crippen molar-refractivity contribution in [2.45, 2.75) is 38.4 Å². The molecule has 0 radical (unpaired) electrons. The first-order valence-corrected chi connectivity index (χ1v) is 10.2. The number of nitrogens with zero attached hydrogens (tertiary/aromatic N) is 2. The summed E-state index contributed by atoms with van der Waals surface area (Å²) in [5.41, 5.74) is 1.07. The first-order chi connectivity index (χ1) is 12.7. The molecule has 0 amide bonds. The standard InChI is InChI=1S/C19H27BrFN3O2.HI/c1-2-22-19(23-8-7-14-5-6-16(21)15(20)12-14)24-9-11-26-18(13-24)17-4-3-10-25-17;/h5-6,12,17-18H,2-4,7-11,13H2,1H3,(H,22,23);1H. The van der Waals surface area contributed by atoms with E-state index in [1.165, 1.54) is 6.07 Å². The molecule has 1 aromatic rings. The van der Waals surface area contributed by atoms with Gasteiger partial charge >= 0.3 is 0 Å². The van der Waals surface area contributed by atoms with E-state index in [0.717, 1.165) is 57.0 Å². The third-order valence-corrected chi connectivity index (χ3v) is 5.36. The van der Waals surface area contributed by atoms with Gasteiger partial charge in [-0.1, -0.05) is 6.07 Å². The Balaban J connectivity index is 0.00000261. The topological polar surface area (TPSA) is 46.1 Å². The molecule has 0 aliphatic carbocycles. The van der Waals surface area contributed by atoms with Gasteiger partial charge in [-0.25, -0.2) is 4.39 Å². The van der Waals surface area contributed by atoms with Crippen LogP contribution in [0.4, 0.5) is 4.39 Å². The zero-order valence-corrected chi connectivity index (χ0v) is 19.5. The van der Waals surface area contributed by atoms with Crippen LogP contribution in [0.15, 0.2) is 27.7 Å². The average molecular weight is 556 g/mol. The van der Waals surface area contributed by atoms with Crippen LogP contribution in [-0.4, -0.2) is 62.5 Å². The molecule has 2 heterocycles. The molecule has 0 saturated carbocycles. The monoisotopic (exact) mass is 555 g/mol. The maximum Gasteiger partial charge on any atom is 0.194 e. The van der Waals surface area contributed by atoms with Crippen LogP contribution in [0.5, 0.6) is 0 Å². The lowest BCUT2D eigenvalue weighted by atomic mass is 10.1. The van der Waals surface area contributed by atoms with Crippen molar-refractivity contribution in [1.29, 1.82) is 0 Å². The van der Waals surface area contributed by atoms with Gasteiger partial charge in [-0.2, -0.15) is 0 Å². The molecule has 5 nitrogen and oxygen atoms in total. The van der Waals surface area contributed by atoms with E-state index in [0.29, 0.717) is 17.6 Å². The summed E-state index contributed by atoms with van der Waals surface area (Å²) >= 11 is 3.24. The number of aliphatic imine (C=N–C) groups is 1. The van der Waals surface area contributed by atoms with Crippen molar-refractivity contribution in [1.82, 2.24) is 10.2 Å². The van der Waals surface area contributed by atoms with Crippen LogP contribution < -0.4 is 5.32 Å². The van der Waals surface area contributed by atoms with Gasteiger partial charge in [0.2, 0.25) is 0 Å². The Labute approximate surface area is 186 Å². The molecule has 0 aromatic heterocycles. The van der Waals surface area contributed by atoms with E-state index in [4.69, 9.17) is 14.5 Å². The highest BCUT2D eigenvalue weighted by Gasteiger charge is 2.32. The number of ether oxygens (including phenoxy) is 2. The summed E-state index contributed by atoms with van der Waals surface area (Å²) in [5, 5.41) is 3.38. The summed E-state index contributed by atoms with van der Waals surface area (Å²) in [6.07, 6.45) is 3.28. The van der Waals surface area contributed by atoms with Crippen molar-refractivity contribution in [2.75, 3.05) is 39.4 Å². The number of hydrogen-bond donors (Lipinski definition) is 1. The highest BCUT2D eigenvalue weighted by Crippen LogP contribution is 2.21. The third kappa shape index (κ3) is 6.54. The molecule has 152 valence electrons. The molecule has 8 heteroatoms. The first-order valence-electron chi connectivity index (χ1n) is 9.37. The van der Waals surface area contributed by atoms with Gasteiger partial charge in [0.1, 0.15) is 11.9 Å². The molecule has 2 saturated heterocycles. The fourth-order valence-corrected chi connectivity index (χ4v) is 3.83. The van der Waals surface area contributed by atoms with Crippen molar-refractivity contribution in [2.24, 2.45) is 4.99 Å². The van der Waals surface area contributed by atoms with Crippen LogP contribution in [0.1, 0.15) is 25.3 Å². The summed E-state index contributed by atoms with van der Waals surface area (Å²) in [4.78, 5) is 7.04. The minimum atomic E-state index is -0.237. The Hall–Kier alpha value is -0.450. The molecular formula is C19H28BrFIN3O2. The van der Waals surface area contributed by atoms with Crippen LogP contribution in [0, 0.1) is 5.82 Å². The Bertz CT molecular complexity index is 629. The number of rotatable bonds is 5. The van der Waals surface area contributed by atoms with Crippen LogP contribution in [-0.2, 0) is 15.9 Å². The van der Waals surface area contributed by atoms with Crippen LogP contribution in [0.2, 0.25) is 0 Å². The predicted octanol–water partition coefficient (Wildman–Crippen LogP) is 3.59. The van der Waals surface area contributed by atoms with E-state index in [9.17, 15) is 4.39 Å². The summed E-state index contributed by atoms with van der Waals surface area (Å²) in [5.74, 6) is 0.680. The third-order valence-electron chi connectivity index (χ3n) is 4.75. The first kappa shape index (κ1) is 22.8. The van der Waals surface area contributed by atoms with Crippen LogP contribution in [0.3, 0.4) is 0 Å². The van der Waals surface area contributed by atoms with Gasteiger partial charge in [-0.05, 0) is 59.8 Å². The van der Waals surface area contributed by atoms with Crippen molar-refractivity contribution < 1.29 is 13.9 Å². The molecular weight excluding hydrogens is 528 g/mol. The Morgan fingerprint density at radius 1 is 1.33 bits per heavy atom. The van der Waals surface area contributed by atoms with E-state index in [2.05, 4.69) is 33.1 Å². The molecule has 1 N–H and O–H groups in total. The van der Waals surface area contributed by atoms with E-state index < -0.39 is 0 Å². The molecule has 27 heavy (non-hydrogen) atoms. The highest BCUT2D eigenvalue weighted by atomic mass is 127. The number of nitrogens with one attached hydrogen (secondary N) is 1. The van der Waals surface area contributed by atoms with Gasteiger partial charge in [0.15, 0.2) is 5.96 Å². The zero-order valence-electron chi connectivity index (χ0n) is 15.6. The second kappa shape index (κ2) is 11.5. The number of guanidine groups is 1. The predicted molar refractivity (Wildman–Crippen MR) is 119 cm³/mol. The highest BCUT2D eigenvalue weighted by molar-refractivity contribution is 14.0. The van der Waals surface area contributed by atoms with Crippen molar-refractivity contribution in [3.05, 3.63) is 34.1 Å². The normalized spacial score (nSPS) is 23.2. The zero-order chi connectivity index (χ0) is 18.4. The minimum Gasteiger partial charge on any atom is -0.375 e. The largest absolute Gasteiger partial charge is 0.375 e. The lowest BCUT2D eigenvalue weighted by molar-refractivity contribution is -0.0817. The van der Waals surface area contributed by atoms with Gasteiger partial charge in [-0.15, -0.1) is 24.0 Å². The Kier molecular flexibility index (Phi) is 9.75. The summed E-state index contributed by atoms with van der Waals surface area (Å²) in [6.45, 7) is 6.72. The minimum absolute atomic E-state index is 0. The molecule has 1 aromatic carbocycles. The molecule has 2 atom stereocenters. The van der Waals surface area contributed by atoms with Gasteiger partial charge in [-0.3, -0.25) is 4.99 Å². The summed E-state index contributed by atoms with van der Waals surface area (Å²) in [7, 11) is 0. The Morgan fingerprint density at radius 3 is 2.85 bits per heavy atom. The fraction of sp³-hybridized carbons (Fsp3) is 0.632. The second-order valence-corrected chi connectivity index (χ2v) is 7.50. The number of hydrogen-bond acceptors (Lipinski definition) is 3. The number of morpholine rings is 1.